The number of nitrogens with one attached hydrogen (secondary N) is 1. The molecule has 0 saturated carbocycles. The van der Waals surface area contributed by atoms with Crippen LogP contribution < -0.4 is 14.8 Å². The quantitative estimate of drug-likeness (QED) is 0.723. The fourth-order valence-corrected chi connectivity index (χ4v) is 2.27. The number of amides is 1. The smallest absolute Gasteiger partial charge is 0.322 e. The van der Waals surface area contributed by atoms with Gasteiger partial charge in [0.1, 0.15) is 11.5 Å². The SMILES string of the molecule is COc1ccc(-c2nnc(NC(=O)c3ccn(C(C)C)n3)o2)c(OC)c1. The van der Waals surface area contributed by atoms with Crippen molar-refractivity contribution in [3.8, 4) is 23.0 Å². The number of benzene rings is 1. The predicted octanol–water partition coefficient (Wildman–Crippen LogP) is 2.78. The first-order valence-corrected chi connectivity index (χ1v) is 7.94. The zero-order valence-corrected chi connectivity index (χ0v) is 14.9. The second-order valence-electron chi connectivity index (χ2n) is 5.71. The predicted molar refractivity (Wildman–Crippen MR) is 93.4 cm³/mol. The van der Waals surface area contributed by atoms with Crippen LogP contribution in [-0.2, 0) is 0 Å². The van der Waals surface area contributed by atoms with Gasteiger partial charge in [-0.2, -0.15) is 5.10 Å². The van der Waals surface area contributed by atoms with Gasteiger partial charge in [0.25, 0.3) is 11.8 Å². The fourth-order valence-electron chi connectivity index (χ4n) is 2.27. The number of nitrogens with zero attached hydrogens (tertiary/aromatic N) is 4. The number of carbonyl (C=O) groups is 1. The lowest BCUT2D eigenvalue weighted by Gasteiger charge is -2.07. The van der Waals surface area contributed by atoms with E-state index in [0.717, 1.165) is 0 Å². The highest BCUT2D eigenvalue weighted by molar-refractivity contribution is 6.01. The summed E-state index contributed by atoms with van der Waals surface area (Å²) >= 11 is 0. The molecule has 0 atom stereocenters. The van der Waals surface area contributed by atoms with Gasteiger partial charge < -0.3 is 13.9 Å². The summed E-state index contributed by atoms with van der Waals surface area (Å²) in [6, 6.07) is 6.95. The van der Waals surface area contributed by atoms with Crippen LogP contribution >= 0.6 is 0 Å². The summed E-state index contributed by atoms with van der Waals surface area (Å²) in [6.45, 7) is 3.95. The molecule has 0 aliphatic heterocycles. The molecule has 0 radical (unpaired) electrons. The highest BCUT2D eigenvalue weighted by Crippen LogP contribution is 2.33. The van der Waals surface area contributed by atoms with Crippen LogP contribution in [0.2, 0.25) is 0 Å². The van der Waals surface area contributed by atoms with Crippen molar-refractivity contribution >= 4 is 11.9 Å². The molecule has 136 valence electrons. The zero-order chi connectivity index (χ0) is 18.7. The molecule has 2 heterocycles. The van der Waals surface area contributed by atoms with Gasteiger partial charge in [0.15, 0.2) is 5.69 Å². The van der Waals surface area contributed by atoms with E-state index in [1.54, 1.807) is 42.3 Å². The summed E-state index contributed by atoms with van der Waals surface area (Å²) in [4.78, 5) is 12.2. The van der Waals surface area contributed by atoms with Crippen molar-refractivity contribution in [1.82, 2.24) is 20.0 Å². The molecule has 9 nitrogen and oxygen atoms in total. The minimum absolute atomic E-state index is 0.0260. The first-order valence-electron chi connectivity index (χ1n) is 7.94. The Labute approximate surface area is 149 Å². The number of ether oxygens (including phenoxy) is 2. The standard InChI is InChI=1S/C17H19N5O4/c1-10(2)22-8-7-13(21-22)15(23)18-17-20-19-16(26-17)12-6-5-11(24-3)9-14(12)25-4/h5-10H,1-4H3,(H,18,20,23). The van der Waals surface area contributed by atoms with Gasteiger partial charge in [-0.25, -0.2) is 0 Å². The Morgan fingerprint density at radius 2 is 2.00 bits per heavy atom. The number of hydrogen-bond donors (Lipinski definition) is 1. The van der Waals surface area contributed by atoms with Gasteiger partial charge >= 0.3 is 6.01 Å². The molecule has 9 heteroatoms. The molecule has 2 aromatic heterocycles. The van der Waals surface area contributed by atoms with Crippen LogP contribution in [0.25, 0.3) is 11.5 Å². The Hall–Kier alpha value is -3.36. The van der Waals surface area contributed by atoms with E-state index >= 15 is 0 Å². The van der Waals surface area contributed by atoms with Crippen molar-refractivity contribution in [3.63, 3.8) is 0 Å². The van der Waals surface area contributed by atoms with Gasteiger partial charge in [-0.05, 0) is 32.0 Å². The van der Waals surface area contributed by atoms with Crippen molar-refractivity contribution in [3.05, 3.63) is 36.2 Å². The van der Waals surface area contributed by atoms with Crippen LogP contribution in [-0.4, -0.2) is 40.1 Å². The van der Waals surface area contributed by atoms with Gasteiger partial charge in [0, 0.05) is 18.3 Å². The van der Waals surface area contributed by atoms with E-state index in [1.165, 1.54) is 7.11 Å². The molecule has 0 aliphatic carbocycles. The molecule has 0 bridgehead atoms. The lowest BCUT2D eigenvalue weighted by molar-refractivity contribution is 0.101. The highest BCUT2D eigenvalue weighted by Gasteiger charge is 2.17. The average molecular weight is 357 g/mol. The van der Waals surface area contributed by atoms with E-state index in [2.05, 4.69) is 20.6 Å². The van der Waals surface area contributed by atoms with Crippen molar-refractivity contribution in [2.24, 2.45) is 0 Å². The Bertz CT molecular complexity index is 916. The Morgan fingerprint density at radius 3 is 2.65 bits per heavy atom. The van der Waals surface area contributed by atoms with Crippen LogP contribution in [0.4, 0.5) is 6.01 Å². The summed E-state index contributed by atoms with van der Waals surface area (Å²) in [6.07, 6.45) is 1.74. The molecule has 3 rings (SSSR count). The lowest BCUT2D eigenvalue weighted by atomic mass is 10.2. The third-order valence-corrected chi connectivity index (χ3v) is 3.65. The number of carbonyl (C=O) groups excluding carboxylic acids is 1. The van der Waals surface area contributed by atoms with Gasteiger partial charge in [-0.15, -0.1) is 5.10 Å². The van der Waals surface area contributed by atoms with E-state index in [4.69, 9.17) is 13.9 Å². The molecule has 0 spiro atoms. The zero-order valence-electron chi connectivity index (χ0n) is 14.9. The van der Waals surface area contributed by atoms with Crippen LogP contribution in [0.1, 0.15) is 30.4 Å². The summed E-state index contributed by atoms with van der Waals surface area (Å²) in [5, 5.41) is 14.5. The third-order valence-electron chi connectivity index (χ3n) is 3.65. The van der Waals surface area contributed by atoms with Crippen LogP contribution in [0, 0.1) is 0 Å². The van der Waals surface area contributed by atoms with E-state index < -0.39 is 5.91 Å². The number of hydrogen-bond acceptors (Lipinski definition) is 7. The minimum Gasteiger partial charge on any atom is -0.497 e. The second kappa shape index (κ2) is 7.26. The van der Waals surface area contributed by atoms with E-state index in [0.29, 0.717) is 17.1 Å². The van der Waals surface area contributed by atoms with Crippen molar-refractivity contribution in [2.45, 2.75) is 19.9 Å². The fraction of sp³-hybridized carbons (Fsp3) is 0.294. The number of rotatable bonds is 6. The van der Waals surface area contributed by atoms with E-state index in [9.17, 15) is 4.79 Å². The maximum atomic E-state index is 12.2. The first-order chi connectivity index (χ1) is 12.5. The molecule has 0 saturated heterocycles. The second-order valence-corrected chi connectivity index (χ2v) is 5.71. The molecule has 1 aromatic carbocycles. The molecule has 26 heavy (non-hydrogen) atoms. The van der Waals surface area contributed by atoms with Gasteiger partial charge in [-0.3, -0.25) is 14.8 Å². The maximum Gasteiger partial charge on any atom is 0.322 e. The molecule has 0 unspecified atom stereocenters. The van der Waals surface area contributed by atoms with E-state index in [-0.39, 0.29) is 23.6 Å². The Morgan fingerprint density at radius 1 is 1.19 bits per heavy atom. The topological polar surface area (TPSA) is 104 Å². The Kier molecular flexibility index (Phi) is 4.87. The molecule has 0 fully saturated rings. The van der Waals surface area contributed by atoms with Crippen LogP contribution in [0.15, 0.2) is 34.9 Å². The molecule has 0 aliphatic rings. The van der Waals surface area contributed by atoms with Crippen molar-refractivity contribution in [1.29, 1.82) is 0 Å². The first kappa shape index (κ1) is 17.5. The highest BCUT2D eigenvalue weighted by atomic mass is 16.5. The summed E-state index contributed by atoms with van der Waals surface area (Å²) in [7, 11) is 3.10. The normalized spacial score (nSPS) is 10.8. The molecule has 3 aromatic rings. The molecule has 1 amide bonds. The molecular weight excluding hydrogens is 338 g/mol. The van der Waals surface area contributed by atoms with E-state index in [1.807, 2.05) is 13.8 Å². The van der Waals surface area contributed by atoms with Crippen LogP contribution in [0.3, 0.4) is 0 Å². The average Bonchev–Trinajstić information content (AvgIpc) is 3.30. The number of anilines is 1. The van der Waals surface area contributed by atoms with Gasteiger partial charge in [0.05, 0.1) is 19.8 Å². The number of methoxy groups -OCH3 is 2. The van der Waals surface area contributed by atoms with Crippen molar-refractivity contribution < 1.29 is 18.7 Å². The van der Waals surface area contributed by atoms with Gasteiger partial charge in [0.2, 0.25) is 0 Å². The van der Waals surface area contributed by atoms with Crippen molar-refractivity contribution in [2.75, 3.05) is 19.5 Å². The largest absolute Gasteiger partial charge is 0.497 e. The summed E-state index contributed by atoms with van der Waals surface area (Å²) in [5.74, 6) is 0.940. The number of aromatic nitrogens is 4. The van der Waals surface area contributed by atoms with Crippen LogP contribution in [0.5, 0.6) is 11.5 Å². The molecular formula is C17H19N5O4. The summed E-state index contributed by atoms with van der Waals surface area (Å²) < 4.78 is 17.7. The van der Waals surface area contributed by atoms with Gasteiger partial charge in [-0.1, -0.05) is 5.10 Å². The maximum absolute atomic E-state index is 12.2. The summed E-state index contributed by atoms with van der Waals surface area (Å²) in [5.41, 5.74) is 0.853. The molecule has 1 N–H and O–H groups in total. The monoisotopic (exact) mass is 357 g/mol. The lowest BCUT2D eigenvalue weighted by Crippen LogP contribution is -2.14. The third kappa shape index (κ3) is 3.51. The Balaban J connectivity index is 1.78. The minimum atomic E-state index is -0.429.